The van der Waals surface area contributed by atoms with E-state index in [0.29, 0.717) is 17.8 Å². The summed E-state index contributed by atoms with van der Waals surface area (Å²) in [5.41, 5.74) is 3.37. The maximum Gasteiger partial charge on any atom is 0.416 e. The van der Waals surface area contributed by atoms with Crippen molar-refractivity contribution in [3.8, 4) is 0 Å². The van der Waals surface area contributed by atoms with Gasteiger partial charge in [0.2, 0.25) is 0 Å². The smallest absolute Gasteiger partial charge is 0.347 e. The lowest BCUT2D eigenvalue weighted by Crippen LogP contribution is -2.25. The van der Waals surface area contributed by atoms with Crippen LogP contribution in [0.2, 0.25) is 0 Å². The van der Waals surface area contributed by atoms with E-state index >= 15 is 0 Å². The van der Waals surface area contributed by atoms with Crippen LogP contribution in [-0.2, 0) is 19.3 Å². The molecule has 0 aliphatic carbocycles. The van der Waals surface area contributed by atoms with Crippen LogP contribution in [0.25, 0.3) is 10.2 Å². The van der Waals surface area contributed by atoms with Gasteiger partial charge in [-0.15, -0.1) is 11.3 Å². The Labute approximate surface area is 182 Å². The maximum atomic E-state index is 13.0. The standard InChI is InChI=1S/C24H21F3N2OS/c1-15-5-3-7-18(9-15)14-29-20-10-16(2)31-22(20)12-21(29)23(30)28-13-17-6-4-8-19(11-17)24(25,26)27/h3-12H,13-14H2,1-2H3,(H,28,30). The highest BCUT2D eigenvalue weighted by Gasteiger charge is 2.30. The fraction of sp³-hybridized carbons (Fsp3) is 0.208. The molecule has 2 aromatic heterocycles. The molecule has 1 amide bonds. The minimum atomic E-state index is -4.41. The van der Waals surface area contributed by atoms with E-state index in [2.05, 4.69) is 17.4 Å². The van der Waals surface area contributed by atoms with E-state index in [4.69, 9.17) is 0 Å². The molecule has 160 valence electrons. The number of nitrogens with zero attached hydrogens (tertiary/aromatic N) is 1. The van der Waals surface area contributed by atoms with Crippen LogP contribution in [0.1, 0.15) is 37.6 Å². The Bertz CT molecular complexity index is 1250. The van der Waals surface area contributed by atoms with Crippen molar-refractivity contribution in [2.45, 2.75) is 33.1 Å². The number of hydrogen-bond acceptors (Lipinski definition) is 2. The first-order valence-electron chi connectivity index (χ1n) is 9.80. The maximum absolute atomic E-state index is 13.0. The number of hydrogen-bond donors (Lipinski definition) is 1. The Balaban J connectivity index is 1.60. The predicted molar refractivity (Wildman–Crippen MR) is 117 cm³/mol. The van der Waals surface area contributed by atoms with E-state index in [9.17, 15) is 18.0 Å². The van der Waals surface area contributed by atoms with Crippen molar-refractivity contribution in [3.63, 3.8) is 0 Å². The zero-order valence-electron chi connectivity index (χ0n) is 17.1. The Morgan fingerprint density at radius 3 is 2.48 bits per heavy atom. The number of thiophene rings is 1. The molecule has 0 spiro atoms. The quantitative estimate of drug-likeness (QED) is 0.386. The SMILES string of the molecule is Cc1cccc(Cn2c(C(=O)NCc3cccc(C(F)(F)F)c3)cc3sc(C)cc32)c1. The van der Waals surface area contributed by atoms with Crippen LogP contribution >= 0.6 is 11.3 Å². The first-order chi connectivity index (χ1) is 14.7. The second kappa shape index (κ2) is 8.23. The van der Waals surface area contributed by atoms with E-state index in [1.807, 2.05) is 42.7 Å². The summed E-state index contributed by atoms with van der Waals surface area (Å²) in [6.45, 7) is 4.60. The van der Waals surface area contributed by atoms with Crippen molar-refractivity contribution in [2.24, 2.45) is 0 Å². The average Bonchev–Trinajstić information content (AvgIpc) is 3.23. The Morgan fingerprint density at radius 2 is 1.74 bits per heavy atom. The van der Waals surface area contributed by atoms with Crippen LogP contribution in [0.15, 0.2) is 60.7 Å². The number of benzene rings is 2. The summed E-state index contributed by atoms with van der Waals surface area (Å²) >= 11 is 1.61. The van der Waals surface area contributed by atoms with Crippen LogP contribution in [0.4, 0.5) is 13.2 Å². The number of carbonyl (C=O) groups is 1. The number of rotatable bonds is 5. The summed E-state index contributed by atoms with van der Waals surface area (Å²) in [6, 6.07) is 17.0. The van der Waals surface area contributed by atoms with Crippen molar-refractivity contribution in [1.29, 1.82) is 0 Å². The summed E-state index contributed by atoms with van der Waals surface area (Å²) in [4.78, 5) is 14.1. The number of alkyl halides is 3. The van der Waals surface area contributed by atoms with Crippen molar-refractivity contribution in [2.75, 3.05) is 0 Å². The lowest BCUT2D eigenvalue weighted by atomic mass is 10.1. The highest BCUT2D eigenvalue weighted by atomic mass is 32.1. The van der Waals surface area contributed by atoms with Crippen molar-refractivity contribution in [1.82, 2.24) is 9.88 Å². The molecule has 1 N–H and O–H groups in total. The van der Waals surface area contributed by atoms with E-state index in [-0.39, 0.29) is 12.5 Å². The second-order valence-electron chi connectivity index (χ2n) is 7.59. The van der Waals surface area contributed by atoms with Crippen LogP contribution in [0, 0.1) is 13.8 Å². The second-order valence-corrected chi connectivity index (χ2v) is 8.88. The molecule has 31 heavy (non-hydrogen) atoms. The van der Waals surface area contributed by atoms with E-state index in [0.717, 1.165) is 38.4 Å². The molecule has 7 heteroatoms. The normalized spacial score (nSPS) is 11.8. The average molecular weight is 443 g/mol. The molecular formula is C24H21F3N2OS. The van der Waals surface area contributed by atoms with Crippen LogP contribution in [-0.4, -0.2) is 10.5 Å². The molecular weight excluding hydrogens is 421 g/mol. The molecule has 0 saturated heterocycles. The molecule has 0 fully saturated rings. The molecule has 4 rings (SSSR count). The van der Waals surface area contributed by atoms with Gasteiger partial charge in [-0.05, 0) is 49.2 Å². The third-order valence-corrected chi connectivity index (χ3v) is 6.06. The summed E-state index contributed by atoms with van der Waals surface area (Å²) in [5, 5.41) is 2.77. The van der Waals surface area contributed by atoms with Gasteiger partial charge in [-0.25, -0.2) is 0 Å². The molecule has 0 bridgehead atoms. The number of nitrogens with one attached hydrogen (secondary N) is 1. The zero-order valence-corrected chi connectivity index (χ0v) is 17.9. The first-order valence-corrected chi connectivity index (χ1v) is 10.6. The number of aryl methyl sites for hydroxylation is 2. The van der Waals surface area contributed by atoms with Gasteiger partial charge in [-0.1, -0.05) is 42.0 Å². The molecule has 0 radical (unpaired) electrons. The summed E-state index contributed by atoms with van der Waals surface area (Å²) in [5.74, 6) is -0.314. The number of fused-ring (bicyclic) bond motifs is 1. The summed E-state index contributed by atoms with van der Waals surface area (Å²) in [7, 11) is 0. The summed E-state index contributed by atoms with van der Waals surface area (Å²) < 4.78 is 41.8. The highest BCUT2D eigenvalue weighted by molar-refractivity contribution is 7.19. The number of carbonyl (C=O) groups excluding carboxylic acids is 1. The van der Waals surface area contributed by atoms with Crippen LogP contribution in [0.3, 0.4) is 0 Å². The Morgan fingerprint density at radius 1 is 1.00 bits per heavy atom. The van der Waals surface area contributed by atoms with Gasteiger partial charge < -0.3 is 9.88 Å². The Kier molecular flexibility index (Phi) is 5.62. The van der Waals surface area contributed by atoms with Crippen LogP contribution in [0.5, 0.6) is 0 Å². The minimum absolute atomic E-state index is 0.0189. The van der Waals surface area contributed by atoms with E-state index < -0.39 is 11.7 Å². The lowest BCUT2D eigenvalue weighted by Gasteiger charge is -2.12. The van der Waals surface area contributed by atoms with Gasteiger partial charge >= 0.3 is 6.18 Å². The number of halogens is 3. The third kappa shape index (κ3) is 4.66. The van der Waals surface area contributed by atoms with Crippen molar-refractivity contribution in [3.05, 3.63) is 93.5 Å². The zero-order chi connectivity index (χ0) is 22.2. The van der Waals surface area contributed by atoms with Crippen molar-refractivity contribution < 1.29 is 18.0 Å². The van der Waals surface area contributed by atoms with Crippen LogP contribution < -0.4 is 5.32 Å². The monoisotopic (exact) mass is 442 g/mol. The largest absolute Gasteiger partial charge is 0.416 e. The molecule has 2 aromatic carbocycles. The van der Waals surface area contributed by atoms with Gasteiger partial charge in [0, 0.05) is 18.0 Å². The van der Waals surface area contributed by atoms with E-state index in [1.54, 1.807) is 17.4 Å². The lowest BCUT2D eigenvalue weighted by molar-refractivity contribution is -0.137. The number of amides is 1. The molecule has 4 aromatic rings. The van der Waals surface area contributed by atoms with Crippen molar-refractivity contribution >= 4 is 27.5 Å². The predicted octanol–water partition coefficient (Wildman–Crippen LogP) is 6.32. The molecule has 0 unspecified atom stereocenters. The van der Waals surface area contributed by atoms with Gasteiger partial charge in [0.15, 0.2) is 0 Å². The van der Waals surface area contributed by atoms with E-state index in [1.165, 1.54) is 6.07 Å². The molecule has 0 aliphatic heterocycles. The minimum Gasteiger partial charge on any atom is -0.347 e. The van der Waals surface area contributed by atoms with Gasteiger partial charge in [-0.3, -0.25) is 4.79 Å². The fourth-order valence-corrected chi connectivity index (χ4v) is 4.61. The molecule has 0 atom stereocenters. The fourth-order valence-electron chi connectivity index (χ4n) is 3.65. The molecule has 3 nitrogen and oxygen atoms in total. The first kappa shape index (κ1) is 21.2. The van der Waals surface area contributed by atoms with Gasteiger partial charge in [0.1, 0.15) is 5.69 Å². The number of aromatic nitrogens is 1. The molecule has 2 heterocycles. The van der Waals surface area contributed by atoms with Gasteiger partial charge in [0.25, 0.3) is 5.91 Å². The molecule has 0 aliphatic rings. The topological polar surface area (TPSA) is 34.0 Å². The van der Waals surface area contributed by atoms with Gasteiger partial charge in [0.05, 0.1) is 15.8 Å². The van der Waals surface area contributed by atoms with Gasteiger partial charge in [-0.2, -0.15) is 13.2 Å². The third-order valence-electron chi connectivity index (χ3n) is 5.08. The Hall–Kier alpha value is -3.06. The summed E-state index contributed by atoms with van der Waals surface area (Å²) in [6.07, 6.45) is -4.41. The molecule has 0 saturated carbocycles. The highest BCUT2D eigenvalue weighted by Crippen LogP contribution is 2.31.